The van der Waals surface area contributed by atoms with Crippen LogP contribution in [0.15, 0.2) is 44.7 Å². The van der Waals surface area contributed by atoms with Crippen LogP contribution in [0.1, 0.15) is 23.3 Å². The van der Waals surface area contributed by atoms with Crippen LogP contribution >= 0.6 is 0 Å². The minimum atomic E-state index is -2.67. The van der Waals surface area contributed by atoms with Crippen LogP contribution in [-0.4, -0.2) is 103 Å². The standard InChI is InChI=1S/C30H34N4O9/c1-31-29(40)22-26(37)23(34(4)5)17-10-13-9-15-18(33(2)3)11-16(19-8-7-14(43-19)12-32-42-6)24(35)21(15)25(36)20(13)27(38)30(17,41)28(22)39/h7-8,11-13,17,23,35-36,39,41H,9-10H2,1-6H3,(H,31,40)/b32-12+. The average molecular weight is 595 g/mol. The van der Waals surface area contributed by atoms with E-state index in [9.17, 15) is 34.8 Å². The summed E-state index contributed by atoms with van der Waals surface area (Å²) in [6.07, 6.45) is 1.55. The number of Topliss-reactive ketones (excluding diaryl/α,β-unsaturated/α-hetero) is 2. The number of hydrogen-bond donors (Lipinski definition) is 5. The Balaban J connectivity index is 1.73. The van der Waals surface area contributed by atoms with Crippen molar-refractivity contribution in [3.05, 3.63) is 52.0 Å². The Morgan fingerprint density at radius 2 is 1.88 bits per heavy atom. The fraction of sp³-hybridized carbons (Fsp3) is 0.400. The van der Waals surface area contributed by atoms with Crippen LogP contribution in [0, 0.1) is 11.8 Å². The molecule has 13 heteroatoms. The Hall–Kier alpha value is -4.62. The molecule has 43 heavy (non-hydrogen) atoms. The maximum absolute atomic E-state index is 14.2. The molecular formula is C30H34N4O9. The van der Waals surface area contributed by atoms with E-state index in [0.29, 0.717) is 17.0 Å². The van der Waals surface area contributed by atoms with Gasteiger partial charge in [0.1, 0.15) is 47.7 Å². The summed E-state index contributed by atoms with van der Waals surface area (Å²) in [6, 6.07) is 3.82. The van der Waals surface area contributed by atoms with E-state index < -0.39 is 58.0 Å². The van der Waals surface area contributed by atoms with Crippen molar-refractivity contribution in [1.29, 1.82) is 0 Å². The van der Waals surface area contributed by atoms with E-state index in [4.69, 9.17) is 4.42 Å². The zero-order chi connectivity index (χ0) is 31.5. The molecule has 5 N–H and O–H groups in total. The van der Waals surface area contributed by atoms with Crippen molar-refractivity contribution in [3.63, 3.8) is 0 Å². The van der Waals surface area contributed by atoms with Gasteiger partial charge in [-0.2, -0.15) is 0 Å². The maximum atomic E-state index is 14.2. The van der Waals surface area contributed by atoms with Crippen molar-refractivity contribution in [2.75, 3.05) is 47.2 Å². The molecule has 2 aromatic rings. The third kappa shape index (κ3) is 4.29. The number of likely N-dealkylation sites (N-methyl/N-ethyl adjacent to an activating group) is 2. The van der Waals surface area contributed by atoms with Gasteiger partial charge in [0, 0.05) is 38.3 Å². The Morgan fingerprint density at radius 1 is 1.19 bits per heavy atom. The molecule has 4 unspecified atom stereocenters. The number of rotatable bonds is 6. The Bertz CT molecular complexity index is 1630. The molecule has 0 spiro atoms. The molecule has 0 saturated heterocycles. The number of aliphatic hydroxyl groups is 3. The van der Waals surface area contributed by atoms with Crippen LogP contribution < -0.4 is 10.2 Å². The van der Waals surface area contributed by atoms with Gasteiger partial charge >= 0.3 is 0 Å². The number of furan rings is 1. The normalized spacial score (nSPS) is 25.2. The van der Waals surface area contributed by atoms with Gasteiger partial charge in [0.05, 0.1) is 17.2 Å². The van der Waals surface area contributed by atoms with E-state index in [-0.39, 0.29) is 41.1 Å². The summed E-state index contributed by atoms with van der Waals surface area (Å²) in [5, 5.41) is 52.3. The smallest absolute Gasteiger partial charge is 0.258 e. The lowest BCUT2D eigenvalue weighted by Gasteiger charge is -2.50. The first-order valence-corrected chi connectivity index (χ1v) is 13.6. The van der Waals surface area contributed by atoms with E-state index in [1.807, 2.05) is 0 Å². The van der Waals surface area contributed by atoms with Crippen molar-refractivity contribution in [1.82, 2.24) is 10.2 Å². The molecule has 1 amide bonds. The molecule has 5 rings (SSSR count). The first-order valence-electron chi connectivity index (χ1n) is 13.6. The fourth-order valence-electron chi connectivity index (χ4n) is 6.66. The van der Waals surface area contributed by atoms with Gasteiger partial charge in [-0.1, -0.05) is 5.16 Å². The van der Waals surface area contributed by atoms with E-state index >= 15 is 0 Å². The summed E-state index contributed by atoms with van der Waals surface area (Å²) in [4.78, 5) is 48.3. The van der Waals surface area contributed by atoms with E-state index in [1.165, 1.54) is 25.3 Å². The number of benzene rings is 1. The monoisotopic (exact) mass is 594 g/mol. The number of hydrogen-bond acceptors (Lipinski definition) is 12. The zero-order valence-electron chi connectivity index (χ0n) is 24.6. The number of anilines is 1. The molecule has 1 heterocycles. The van der Waals surface area contributed by atoms with Gasteiger partial charge in [-0.05, 0) is 56.6 Å². The number of amides is 1. The van der Waals surface area contributed by atoms with E-state index in [0.717, 1.165) is 0 Å². The number of aliphatic hydroxyl groups excluding tert-OH is 2. The van der Waals surface area contributed by atoms with Crippen molar-refractivity contribution >= 4 is 35.1 Å². The van der Waals surface area contributed by atoms with Crippen LogP contribution in [0.3, 0.4) is 0 Å². The number of ketones is 2. The third-order valence-electron chi connectivity index (χ3n) is 8.56. The van der Waals surface area contributed by atoms with Crippen LogP contribution in [0.2, 0.25) is 0 Å². The Labute approximate surface area is 247 Å². The molecule has 1 aromatic heterocycles. The number of carbonyl (C=O) groups excluding carboxylic acids is 3. The first kappa shape index (κ1) is 29.9. The molecule has 13 nitrogen and oxygen atoms in total. The predicted molar refractivity (Wildman–Crippen MR) is 156 cm³/mol. The molecule has 3 aliphatic rings. The number of phenolic OH excluding ortho intramolecular Hbond substituents is 1. The molecule has 3 aliphatic carbocycles. The number of nitrogens with one attached hydrogen (secondary N) is 1. The van der Waals surface area contributed by atoms with Gasteiger partial charge in [0.2, 0.25) is 5.78 Å². The minimum Gasteiger partial charge on any atom is -0.508 e. The number of aromatic hydroxyl groups is 1. The SMILES string of the molecule is CNC(=O)C1=C(O)C2(O)C(=O)C3=C(O)c4c(O)c(-c5ccc(/C=N/OC)o5)cc(N(C)C)c4CC3CC2C(N(C)C)C1=O. The second kappa shape index (κ2) is 10.6. The number of nitrogens with zero attached hydrogens (tertiary/aromatic N) is 3. The number of oxime groups is 1. The Morgan fingerprint density at radius 3 is 2.49 bits per heavy atom. The largest absolute Gasteiger partial charge is 0.508 e. The van der Waals surface area contributed by atoms with Crippen LogP contribution in [0.4, 0.5) is 5.69 Å². The number of fused-ring (bicyclic) bond motifs is 3. The molecule has 0 bridgehead atoms. The van der Waals surface area contributed by atoms with Crippen molar-refractivity contribution in [2.45, 2.75) is 24.5 Å². The zero-order valence-corrected chi connectivity index (χ0v) is 24.6. The van der Waals surface area contributed by atoms with Crippen LogP contribution in [0.25, 0.3) is 17.1 Å². The molecule has 0 radical (unpaired) electrons. The molecule has 228 valence electrons. The summed E-state index contributed by atoms with van der Waals surface area (Å²) in [5.74, 6) is -5.87. The molecule has 0 aliphatic heterocycles. The van der Waals surface area contributed by atoms with Crippen LogP contribution in [0.5, 0.6) is 5.75 Å². The quantitative estimate of drug-likeness (QED) is 0.186. The predicted octanol–water partition coefficient (Wildman–Crippen LogP) is 1.53. The highest BCUT2D eigenvalue weighted by atomic mass is 16.6. The lowest BCUT2D eigenvalue weighted by atomic mass is 9.57. The van der Waals surface area contributed by atoms with Crippen molar-refractivity contribution in [3.8, 4) is 17.1 Å². The second-order valence-corrected chi connectivity index (χ2v) is 11.3. The summed E-state index contributed by atoms with van der Waals surface area (Å²) in [5.41, 5.74) is -2.19. The van der Waals surface area contributed by atoms with Crippen LogP contribution in [-0.2, 0) is 25.6 Å². The average Bonchev–Trinajstić information content (AvgIpc) is 3.42. The number of phenols is 1. The summed E-state index contributed by atoms with van der Waals surface area (Å²) in [7, 11) is 9.40. The highest BCUT2D eigenvalue weighted by Gasteiger charge is 2.64. The first-order chi connectivity index (χ1) is 20.3. The van der Waals surface area contributed by atoms with Gasteiger partial charge in [0.15, 0.2) is 11.4 Å². The third-order valence-corrected chi connectivity index (χ3v) is 8.56. The molecule has 1 aromatic carbocycles. The second-order valence-electron chi connectivity index (χ2n) is 11.3. The Kier molecular flexibility index (Phi) is 7.35. The van der Waals surface area contributed by atoms with Gasteiger partial charge in [-0.3, -0.25) is 19.3 Å². The highest BCUT2D eigenvalue weighted by molar-refractivity contribution is 6.25. The summed E-state index contributed by atoms with van der Waals surface area (Å²) in [6.45, 7) is 0. The maximum Gasteiger partial charge on any atom is 0.258 e. The number of carbonyl (C=O) groups is 3. The topological polar surface area (TPSA) is 185 Å². The molecular weight excluding hydrogens is 560 g/mol. The van der Waals surface area contributed by atoms with E-state index in [2.05, 4.69) is 15.3 Å². The molecule has 4 atom stereocenters. The highest BCUT2D eigenvalue weighted by Crippen LogP contribution is 2.55. The van der Waals surface area contributed by atoms with Crippen molar-refractivity contribution in [2.24, 2.45) is 17.0 Å². The molecule has 1 fully saturated rings. The van der Waals surface area contributed by atoms with Gasteiger partial charge in [-0.25, -0.2) is 0 Å². The molecule has 1 saturated carbocycles. The summed E-state index contributed by atoms with van der Waals surface area (Å²) < 4.78 is 5.81. The van der Waals surface area contributed by atoms with Gasteiger partial charge in [-0.15, -0.1) is 0 Å². The summed E-state index contributed by atoms with van der Waals surface area (Å²) >= 11 is 0. The lowest BCUT2D eigenvalue weighted by Crippen LogP contribution is -2.65. The lowest BCUT2D eigenvalue weighted by molar-refractivity contribution is -0.153. The van der Waals surface area contributed by atoms with E-state index in [1.54, 1.807) is 51.3 Å². The van der Waals surface area contributed by atoms with Crippen molar-refractivity contribution < 1.29 is 44.1 Å². The van der Waals surface area contributed by atoms with Gasteiger partial charge in [0.25, 0.3) is 5.91 Å². The van der Waals surface area contributed by atoms with Gasteiger partial charge < -0.3 is 39.9 Å². The minimum absolute atomic E-state index is 0.0163. The fourth-order valence-corrected chi connectivity index (χ4v) is 6.66.